The number of amides is 1. The number of halogens is 1. The van der Waals surface area contributed by atoms with E-state index in [4.69, 9.17) is 0 Å². The number of thiophene rings is 1. The number of hydrogen-bond acceptors (Lipinski definition) is 3. The predicted molar refractivity (Wildman–Crippen MR) is 93.9 cm³/mol. The van der Waals surface area contributed by atoms with Crippen LogP contribution >= 0.6 is 27.3 Å². The van der Waals surface area contributed by atoms with Gasteiger partial charge in [0.15, 0.2) is 0 Å². The van der Waals surface area contributed by atoms with Gasteiger partial charge >= 0.3 is 0 Å². The maximum atomic E-state index is 12.2. The van der Waals surface area contributed by atoms with E-state index in [1.54, 1.807) is 11.3 Å². The molecule has 0 radical (unpaired) electrons. The van der Waals surface area contributed by atoms with Gasteiger partial charge in [-0.15, -0.1) is 11.3 Å². The van der Waals surface area contributed by atoms with E-state index in [-0.39, 0.29) is 5.91 Å². The van der Waals surface area contributed by atoms with Gasteiger partial charge < -0.3 is 5.32 Å². The van der Waals surface area contributed by atoms with E-state index in [0.29, 0.717) is 19.1 Å². The lowest BCUT2D eigenvalue weighted by molar-refractivity contribution is -0.122. The summed E-state index contributed by atoms with van der Waals surface area (Å²) < 4.78 is 1.07. The van der Waals surface area contributed by atoms with Crippen LogP contribution in [0.2, 0.25) is 0 Å². The summed E-state index contributed by atoms with van der Waals surface area (Å²) in [4.78, 5) is 15.7. The van der Waals surface area contributed by atoms with Crippen LogP contribution in [0.1, 0.15) is 29.3 Å². The van der Waals surface area contributed by atoms with Gasteiger partial charge in [-0.1, -0.05) is 30.3 Å². The Kier molecular flexibility index (Phi) is 5.28. The van der Waals surface area contributed by atoms with E-state index >= 15 is 0 Å². The molecule has 3 rings (SSSR count). The van der Waals surface area contributed by atoms with Crippen LogP contribution in [-0.4, -0.2) is 23.9 Å². The van der Waals surface area contributed by atoms with Crippen molar-refractivity contribution in [2.45, 2.75) is 25.4 Å². The van der Waals surface area contributed by atoms with Gasteiger partial charge in [0.1, 0.15) is 0 Å². The minimum absolute atomic E-state index is 0.104. The molecule has 0 spiro atoms. The monoisotopic (exact) mass is 378 g/mol. The van der Waals surface area contributed by atoms with Crippen LogP contribution < -0.4 is 5.32 Å². The molecule has 2 aromatic rings. The molecule has 1 aliphatic rings. The van der Waals surface area contributed by atoms with E-state index in [0.717, 1.165) is 23.9 Å². The van der Waals surface area contributed by atoms with Gasteiger partial charge in [0.2, 0.25) is 5.91 Å². The zero-order chi connectivity index (χ0) is 15.4. The first-order chi connectivity index (χ1) is 10.7. The van der Waals surface area contributed by atoms with Crippen molar-refractivity contribution in [1.29, 1.82) is 0 Å². The second-order valence-corrected chi connectivity index (χ2v) is 7.46. The smallest absolute Gasteiger partial charge is 0.234 e. The Morgan fingerprint density at radius 2 is 2.18 bits per heavy atom. The number of benzene rings is 1. The van der Waals surface area contributed by atoms with Crippen molar-refractivity contribution in [3.8, 4) is 0 Å². The van der Waals surface area contributed by atoms with Crippen LogP contribution in [0.5, 0.6) is 0 Å². The van der Waals surface area contributed by atoms with Crippen molar-refractivity contribution in [1.82, 2.24) is 10.2 Å². The Morgan fingerprint density at radius 1 is 1.36 bits per heavy atom. The third-order valence-electron chi connectivity index (χ3n) is 3.98. The lowest BCUT2D eigenvalue weighted by Crippen LogP contribution is -2.36. The first-order valence-corrected chi connectivity index (χ1v) is 9.18. The molecule has 1 N–H and O–H groups in total. The van der Waals surface area contributed by atoms with Crippen molar-refractivity contribution >= 4 is 33.2 Å². The summed E-state index contributed by atoms with van der Waals surface area (Å²) in [6, 6.07) is 12.9. The third-order valence-corrected chi connectivity index (χ3v) is 5.67. The number of hydrogen-bond donors (Lipinski definition) is 1. The maximum absolute atomic E-state index is 12.2. The van der Waals surface area contributed by atoms with Gasteiger partial charge in [0.25, 0.3) is 0 Å². The standard InChI is InChI=1S/C17H19BrN2OS/c18-14-9-15(22-12-14)10-19-17(21)11-20-8-4-7-16(20)13-5-2-1-3-6-13/h1-3,5-6,9,12,16H,4,7-8,10-11H2,(H,19,21)/t16-/m0/s1. The van der Waals surface area contributed by atoms with Crippen molar-refractivity contribution in [2.24, 2.45) is 0 Å². The van der Waals surface area contributed by atoms with Crippen molar-refractivity contribution in [3.63, 3.8) is 0 Å². The third kappa shape index (κ3) is 3.97. The van der Waals surface area contributed by atoms with Gasteiger partial charge in [-0.2, -0.15) is 0 Å². The predicted octanol–water partition coefficient (Wildman–Crippen LogP) is 3.96. The highest BCUT2D eigenvalue weighted by atomic mass is 79.9. The SMILES string of the molecule is O=C(CN1CCC[C@H]1c1ccccc1)NCc1cc(Br)cs1. The van der Waals surface area contributed by atoms with Crippen LogP contribution in [0, 0.1) is 0 Å². The lowest BCUT2D eigenvalue weighted by atomic mass is 10.0. The number of rotatable bonds is 5. The second kappa shape index (κ2) is 7.40. The number of nitrogens with zero attached hydrogens (tertiary/aromatic N) is 1. The average molecular weight is 379 g/mol. The van der Waals surface area contributed by atoms with Crippen molar-refractivity contribution in [2.75, 3.05) is 13.1 Å². The summed E-state index contributed by atoms with van der Waals surface area (Å²) >= 11 is 5.09. The molecule has 1 atom stereocenters. The van der Waals surface area contributed by atoms with Gasteiger partial charge in [-0.05, 0) is 46.9 Å². The van der Waals surface area contributed by atoms with E-state index < -0.39 is 0 Å². The zero-order valence-corrected chi connectivity index (χ0v) is 14.7. The average Bonchev–Trinajstić information content (AvgIpc) is 3.15. The summed E-state index contributed by atoms with van der Waals surface area (Å²) in [5, 5.41) is 5.06. The molecular weight excluding hydrogens is 360 g/mol. The fraction of sp³-hybridized carbons (Fsp3) is 0.353. The normalized spacial score (nSPS) is 18.5. The molecule has 1 amide bonds. The molecule has 0 aliphatic carbocycles. The molecule has 5 heteroatoms. The van der Waals surface area contributed by atoms with E-state index in [9.17, 15) is 4.79 Å². The minimum atomic E-state index is 0.104. The van der Waals surface area contributed by atoms with Gasteiger partial charge in [-0.3, -0.25) is 9.69 Å². The summed E-state index contributed by atoms with van der Waals surface area (Å²) in [6.45, 7) is 2.09. The Morgan fingerprint density at radius 3 is 2.91 bits per heavy atom. The number of nitrogens with one attached hydrogen (secondary N) is 1. The Bertz CT molecular complexity index is 629. The van der Waals surface area contributed by atoms with Crippen LogP contribution in [0.25, 0.3) is 0 Å². The minimum Gasteiger partial charge on any atom is -0.350 e. The fourth-order valence-corrected chi connectivity index (χ4v) is 4.33. The highest BCUT2D eigenvalue weighted by Gasteiger charge is 2.27. The second-order valence-electron chi connectivity index (χ2n) is 5.55. The maximum Gasteiger partial charge on any atom is 0.234 e. The van der Waals surface area contributed by atoms with E-state index in [2.05, 4.69) is 50.4 Å². The summed E-state index contributed by atoms with van der Waals surface area (Å²) in [7, 11) is 0. The van der Waals surface area contributed by atoms with E-state index in [1.165, 1.54) is 10.4 Å². The molecule has 0 bridgehead atoms. The van der Waals surface area contributed by atoms with Crippen LogP contribution in [0.3, 0.4) is 0 Å². The molecule has 1 aromatic heterocycles. The molecule has 2 heterocycles. The molecule has 1 saturated heterocycles. The van der Waals surface area contributed by atoms with Crippen LogP contribution in [-0.2, 0) is 11.3 Å². The molecule has 3 nitrogen and oxygen atoms in total. The molecule has 0 saturated carbocycles. The number of carbonyl (C=O) groups is 1. The largest absolute Gasteiger partial charge is 0.350 e. The van der Waals surface area contributed by atoms with Gasteiger partial charge in [0, 0.05) is 20.8 Å². The Hall–Kier alpha value is -1.17. The summed E-state index contributed by atoms with van der Waals surface area (Å²) in [6.07, 6.45) is 2.29. The molecule has 1 aromatic carbocycles. The van der Waals surface area contributed by atoms with Crippen molar-refractivity contribution < 1.29 is 4.79 Å². The summed E-state index contributed by atoms with van der Waals surface area (Å²) in [5.41, 5.74) is 1.31. The quantitative estimate of drug-likeness (QED) is 0.853. The zero-order valence-electron chi connectivity index (χ0n) is 12.3. The topological polar surface area (TPSA) is 32.3 Å². The molecule has 0 unspecified atom stereocenters. The van der Waals surface area contributed by atoms with Crippen molar-refractivity contribution in [3.05, 3.63) is 56.7 Å². The Balaban J connectivity index is 1.54. The fourth-order valence-electron chi connectivity index (χ4n) is 2.94. The first-order valence-electron chi connectivity index (χ1n) is 7.51. The van der Waals surface area contributed by atoms with Crippen LogP contribution in [0.15, 0.2) is 46.3 Å². The number of carbonyl (C=O) groups excluding carboxylic acids is 1. The Labute approximate surface area is 143 Å². The molecular formula is C17H19BrN2OS. The lowest BCUT2D eigenvalue weighted by Gasteiger charge is -2.24. The van der Waals surface area contributed by atoms with E-state index in [1.807, 2.05) is 17.5 Å². The summed E-state index contributed by atoms with van der Waals surface area (Å²) in [5.74, 6) is 0.104. The van der Waals surface area contributed by atoms with Crippen LogP contribution in [0.4, 0.5) is 0 Å². The molecule has 1 fully saturated rings. The first kappa shape index (κ1) is 15.7. The van der Waals surface area contributed by atoms with Gasteiger partial charge in [0.05, 0.1) is 13.1 Å². The van der Waals surface area contributed by atoms with Gasteiger partial charge in [-0.25, -0.2) is 0 Å². The highest BCUT2D eigenvalue weighted by molar-refractivity contribution is 9.10. The molecule has 22 heavy (non-hydrogen) atoms. The molecule has 116 valence electrons. The molecule has 1 aliphatic heterocycles. The highest BCUT2D eigenvalue weighted by Crippen LogP contribution is 2.31. The number of likely N-dealkylation sites (tertiary alicyclic amines) is 1.